The van der Waals surface area contributed by atoms with Crippen molar-refractivity contribution in [2.75, 3.05) is 18.6 Å². The van der Waals surface area contributed by atoms with E-state index in [9.17, 15) is 9.59 Å². The summed E-state index contributed by atoms with van der Waals surface area (Å²) in [6, 6.07) is 8.24. The number of carbonyl (C=O) groups is 2. The number of nitrogens with zero attached hydrogens (tertiary/aromatic N) is 2. The first-order chi connectivity index (χ1) is 11.4. The van der Waals surface area contributed by atoms with E-state index >= 15 is 0 Å². The van der Waals surface area contributed by atoms with Crippen LogP contribution in [-0.4, -0.2) is 31.5 Å². The van der Waals surface area contributed by atoms with Gasteiger partial charge in [0, 0.05) is 7.05 Å². The van der Waals surface area contributed by atoms with Crippen LogP contribution in [0, 0.1) is 0 Å². The number of rotatable bonds is 5. The topological polar surface area (TPSA) is 111 Å². The molecular weight excluding hydrogens is 328 g/mol. The molecule has 0 atom stereocenters. The summed E-state index contributed by atoms with van der Waals surface area (Å²) in [5, 5.41) is 1.81. The van der Waals surface area contributed by atoms with Crippen LogP contribution in [-0.2, 0) is 4.74 Å². The van der Waals surface area contributed by atoms with Gasteiger partial charge in [0.05, 0.1) is 28.4 Å². The molecule has 1 aromatic carbocycles. The highest BCUT2D eigenvalue weighted by molar-refractivity contribution is 7.12. The molecule has 0 saturated carbocycles. The van der Waals surface area contributed by atoms with E-state index in [1.807, 2.05) is 5.38 Å². The molecular formula is C16H18N4O3S. The maximum absolute atomic E-state index is 12.5. The quantitative estimate of drug-likeness (QED) is 0.489. The molecule has 1 heterocycles. The number of nitrogens with two attached hydrogens (primary N) is 2. The van der Waals surface area contributed by atoms with Crippen molar-refractivity contribution in [3.63, 3.8) is 0 Å². The van der Waals surface area contributed by atoms with E-state index in [2.05, 4.69) is 4.99 Å². The number of ether oxygens (including phenoxy) is 1. The third-order valence-corrected chi connectivity index (χ3v) is 3.99. The molecule has 0 aliphatic rings. The Hall–Kier alpha value is -2.87. The van der Waals surface area contributed by atoms with Crippen LogP contribution >= 0.6 is 11.3 Å². The lowest BCUT2D eigenvalue weighted by Gasteiger charge is -2.20. The number of carbonyl (C=O) groups excluding carboxylic acids is 2. The fourth-order valence-electron chi connectivity index (χ4n) is 2.08. The number of aliphatic imine (C=N–C) groups is 1. The molecule has 0 radical (unpaired) electrons. The Kier molecular flexibility index (Phi) is 5.54. The summed E-state index contributed by atoms with van der Waals surface area (Å²) in [4.78, 5) is 30.7. The molecule has 0 unspecified atom stereocenters. The van der Waals surface area contributed by atoms with Crippen LogP contribution in [0.2, 0.25) is 0 Å². The molecule has 0 aliphatic carbocycles. The Labute approximate surface area is 143 Å². The molecule has 7 nitrogen and oxygen atoms in total. The van der Waals surface area contributed by atoms with E-state index in [0.717, 1.165) is 0 Å². The largest absolute Gasteiger partial charge is 0.462 e. The van der Waals surface area contributed by atoms with Crippen molar-refractivity contribution >= 4 is 40.5 Å². The zero-order chi connectivity index (χ0) is 17.7. The minimum Gasteiger partial charge on any atom is -0.462 e. The van der Waals surface area contributed by atoms with Crippen molar-refractivity contribution in [1.82, 2.24) is 0 Å². The van der Waals surface area contributed by atoms with E-state index in [1.54, 1.807) is 38.2 Å². The molecule has 0 aliphatic heterocycles. The summed E-state index contributed by atoms with van der Waals surface area (Å²) in [5.41, 5.74) is 11.8. The molecule has 1 aromatic heterocycles. The maximum atomic E-state index is 12.5. The lowest BCUT2D eigenvalue weighted by Crippen LogP contribution is -2.27. The van der Waals surface area contributed by atoms with Crippen LogP contribution < -0.4 is 16.4 Å². The number of thiophene rings is 1. The minimum atomic E-state index is -0.550. The van der Waals surface area contributed by atoms with Crippen molar-refractivity contribution in [2.45, 2.75) is 6.92 Å². The fraction of sp³-hybridized carbons (Fsp3) is 0.188. The van der Waals surface area contributed by atoms with Crippen molar-refractivity contribution < 1.29 is 14.3 Å². The monoisotopic (exact) mass is 346 g/mol. The van der Waals surface area contributed by atoms with E-state index in [-0.39, 0.29) is 24.0 Å². The number of benzene rings is 1. The van der Waals surface area contributed by atoms with Gasteiger partial charge in [0.15, 0.2) is 5.96 Å². The van der Waals surface area contributed by atoms with Gasteiger partial charge in [-0.05, 0) is 36.6 Å². The van der Waals surface area contributed by atoms with Crippen molar-refractivity contribution in [1.29, 1.82) is 0 Å². The van der Waals surface area contributed by atoms with Gasteiger partial charge in [-0.2, -0.15) is 0 Å². The van der Waals surface area contributed by atoms with Crippen molar-refractivity contribution in [3.05, 3.63) is 46.2 Å². The highest BCUT2D eigenvalue weighted by Gasteiger charge is 2.21. The molecule has 0 bridgehead atoms. The van der Waals surface area contributed by atoms with Gasteiger partial charge in [0.1, 0.15) is 0 Å². The maximum Gasteiger partial charge on any atom is 0.340 e. The highest BCUT2D eigenvalue weighted by Crippen LogP contribution is 2.27. The van der Waals surface area contributed by atoms with Gasteiger partial charge in [0.2, 0.25) is 0 Å². The van der Waals surface area contributed by atoms with Crippen LogP contribution in [0.5, 0.6) is 0 Å². The molecule has 0 spiro atoms. The molecule has 0 saturated heterocycles. The van der Waals surface area contributed by atoms with Gasteiger partial charge in [0.25, 0.3) is 5.91 Å². The summed E-state index contributed by atoms with van der Waals surface area (Å²) < 4.78 is 5.06. The smallest absolute Gasteiger partial charge is 0.340 e. The van der Waals surface area contributed by atoms with E-state index in [0.29, 0.717) is 16.3 Å². The summed E-state index contributed by atoms with van der Waals surface area (Å²) >= 11 is 1.33. The Bertz CT molecular complexity index is 768. The molecule has 2 rings (SSSR count). The second-order valence-corrected chi connectivity index (χ2v) is 5.75. The molecule has 4 N–H and O–H groups in total. The first kappa shape index (κ1) is 17.5. The number of hydrogen-bond donors (Lipinski definition) is 2. The van der Waals surface area contributed by atoms with Gasteiger partial charge in [-0.25, -0.2) is 9.79 Å². The number of hydrogen-bond acceptors (Lipinski definition) is 5. The Morgan fingerprint density at radius 2 is 2.04 bits per heavy atom. The molecule has 0 fully saturated rings. The zero-order valence-corrected chi connectivity index (χ0v) is 14.2. The standard InChI is InChI=1S/C16H18N4O3S/c1-3-23-15(22)11-9-10(19-16(17)18)6-7-12(11)20(2)14(21)13-5-4-8-24-13/h4-9H,3H2,1-2H3,(H4,17,18,19). The van der Waals surface area contributed by atoms with Crippen LogP contribution in [0.1, 0.15) is 27.0 Å². The van der Waals surface area contributed by atoms with Crippen LogP contribution in [0.25, 0.3) is 0 Å². The van der Waals surface area contributed by atoms with E-state index in [1.165, 1.54) is 22.3 Å². The molecule has 1 amide bonds. The highest BCUT2D eigenvalue weighted by atomic mass is 32.1. The second kappa shape index (κ2) is 7.60. The van der Waals surface area contributed by atoms with Crippen LogP contribution in [0.3, 0.4) is 0 Å². The van der Waals surface area contributed by atoms with Gasteiger partial charge in [-0.15, -0.1) is 11.3 Å². The van der Waals surface area contributed by atoms with Gasteiger partial charge < -0.3 is 21.1 Å². The fourth-order valence-corrected chi connectivity index (χ4v) is 2.78. The Balaban J connectivity index is 2.45. The Morgan fingerprint density at radius 1 is 1.29 bits per heavy atom. The number of anilines is 1. The average Bonchev–Trinajstić information content (AvgIpc) is 3.07. The first-order valence-electron chi connectivity index (χ1n) is 7.16. The van der Waals surface area contributed by atoms with Gasteiger partial charge in [-0.3, -0.25) is 4.79 Å². The third-order valence-electron chi connectivity index (χ3n) is 3.13. The summed E-state index contributed by atoms with van der Waals surface area (Å²) in [6.45, 7) is 1.92. The number of amides is 1. The molecule has 126 valence electrons. The minimum absolute atomic E-state index is 0.124. The van der Waals surface area contributed by atoms with E-state index < -0.39 is 5.97 Å². The SMILES string of the molecule is CCOC(=O)c1cc(N=C(N)N)ccc1N(C)C(=O)c1cccs1. The van der Waals surface area contributed by atoms with E-state index in [4.69, 9.17) is 16.2 Å². The molecule has 24 heavy (non-hydrogen) atoms. The summed E-state index contributed by atoms with van der Waals surface area (Å²) in [6.07, 6.45) is 0. The number of guanidine groups is 1. The lowest BCUT2D eigenvalue weighted by atomic mass is 10.1. The predicted molar refractivity (Wildman–Crippen MR) is 94.9 cm³/mol. The third kappa shape index (κ3) is 3.90. The van der Waals surface area contributed by atoms with Gasteiger partial charge >= 0.3 is 5.97 Å². The summed E-state index contributed by atoms with van der Waals surface area (Å²) in [5.74, 6) is -0.892. The van der Waals surface area contributed by atoms with Crippen LogP contribution in [0.15, 0.2) is 40.7 Å². The second-order valence-electron chi connectivity index (χ2n) is 4.80. The molecule has 2 aromatic rings. The lowest BCUT2D eigenvalue weighted by molar-refractivity contribution is 0.0527. The van der Waals surface area contributed by atoms with Crippen LogP contribution in [0.4, 0.5) is 11.4 Å². The predicted octanol–water partition coefficient (Wildman–Crippen LogP) is 2.11. The first-order valence-corrected chi connectivity index (χ1v) is 8.04. The van der Waals surface area contributed by atoms with Crippen molar-refractivity contribution in [2.24, 2.45) is 16.5 Å². The zero-order valence-electron chi connectivity index (χ0n) is 13.4. The molecule has 8 heteroatoms. The number of esters is 1. The summed E-state index contributed by atoms with van der Waals surface area (Å²) in [7, 11) is 1.60. The normalized spacial score (nSPS) is 10.1. The van der Waals surface area contributed by atoms with Crippen molar-refractivity contribution in [3.8, 4) is 0 Å². The Morgan fingerprint density at radius 3 is 2.62 bits per heavy atom. The van der Waals surface area contributed by atoms with Gasteiger partial charge in [-0.1, -0.05) is 6.07 Å². The average molecular weight is 346 g/mol.